The van der Waals surface area contributed by atoms with Gasteiger partial charge in [-0.3, -0.25) is 14.4 Å². The topological polar surface area (TPSA) is 177 Å². The van der Waals surface area contributed by atoms with Crippen molar-refractivity contribution < 1.29 is 58.1 Å². The third-order valence-electron chi connectivity index (χ3n) is 14.5. The third-order valence-corrected chi connectivity index (χ3v) is 14.5. The lowest BCUT2D eigenvalue weighted by Crippen LogP contribution is -2.30. The first-order valence-electron chi connectivity index (χ1n) is 29.1. The Labute approximate surface area is 420 Å². The summed E-state index contributed by atoms with van der Waals surface area (Å²) in [7, 11) is 0. The number of ether oxygens (including phenoxy) is 6. The molecule has 3 rings (SSSR count). The number of hydrogen-bond donors (Lipinski definition) is 3. The molecular weight excluding hydrogens is 877 g/mol. The molecule has 12 nitrogen and oxygen atoms in total. The number of epoxide rings is 3. The molecule has 69 heavy (non-hydrogen) atoms. The molecule has 9 unspecified atom stereocenters. The fraction of sp³-hybridized carbons (Fsp3) is 0.947. The van der Waals surface area contributed by atoms with Crippen LogP contribution in [0.15, 0.2) is 0 Å². The van der Waals surface area contributed by atoms with Crippen molar-refractivity contribution in [3.8, 4) is 0 Å². The molecule has 3 fully saturated rings. The summed E-state index contributed by atoms with van der Waals surface area (Å²) in [6.45, 7) is 6.31. The Kier molecular flexibility index (Phi) is 35.3. The van der Waals surface area contributed by atoms with Crippen molar-refractivity contribution in [2.45, 2.75) is 332 Å². The number of hydrogen-bond acceptors (Lipinski definition) is 12. The van der Waals surface area contributed by atoms with Crippen molar-refractivity contribution >= 4 is 17.9 Å². The Morgan fingerprint density at radius 1 is 0.377 bits per heavy atom. The van der Waals surface area contributed by atoms with Gasteiger partial charge >= 0.3 is 17.9 Å². The van der Waals surface area contributed by atoms with Crippen LogP contribution in [0.2, 0.25) is 0 Å². The second-order valence-electron chi connectivity index (χ2n) is 21.3. The van der Waals surface area contributed by atoms with Crippen LogP contribution in [0.5, 0.6) is 0 Å². The van der Waals surface area contributed by atoms with Crippen molar-refractivity contribution in [2.24, 2.45) is 0 Å². The number of aliphatic hydroxyl groups excluding tert-OH is 3. The molecule has 0 spiro atoms. The number of carbonyl (C=O) groups is 3. The highest BCUT2D eigenvalue weighted by Gasteiger charge is 2.40. The van der Waals surface area contributed by atoms with Gasteiger partial charge in [0, 0.05) is 38.5 Å². The molecule has 0 amide bonds. The molecule has 0 bridgehead atoms. The zero-order valence-corrected chi connectivity index (χ0v) is 44.3. The van der Waals surface area contributed by atoms with Gasteiger partial charge in [0.15, 0.2) is 6.10 Å². The number of aliphatic hydroxyl groups is 3. The van der Waals surface area contributed by atoms with Crippen LogP contribution in [-0.2, 0) is 42.8 Å². The van der Waals surface area contributed by atoms with Crippen LogP contribution in [-0.4, -0.2) is 107 Å². The maximum Gasteiger partial charge on any atom is 0.306 e. The van der Waals surface area contributed by atoms with E-state index in [1.54, 1.807) is 0 Å². The predicted molar refractivity (Wildman–Crippen MR) is 273 cm³/mol. The van der Waals surface area contributed by atoms with Crippen LogP contribution in [0, 0.1) is 0 Å². The molecule has 3 N–H and O–H groups in total. The summed E-state index contributed by atoms with van der Waals surface area (Å²) in [5, 5.41) is 30.9. The predicted octanol–water partition coefficient (Wildman–Crippen LogP) is 12.6. The average Bonchev–Trinajstić information content (AvgIpc) is 4.29. The van der Waals surface area contributed by atoms with E-state index >= 15 is 0 Å². The molecule has 3 aliphatic heterocycles. The lowest BCUT2D eigenvalue weighted by molar-refractivity contribution is -0.167. The van der Waals surface area contributed by atoms with Gasteiger partial charge in [0.25, 0.3) is 0 Å². The zero-order valence-electron chi connectivity index (χ0n) is 44.3. The highest BCUT2D eigenvalue weighted by Crippen LogP contribution is 2.34. The summed E-state index contributed by atoms with van der Waals surface area (Å²) in [5.41, 5.74) is 0. The van der Waals surface area contributed by atoms with E-state index in [9.17, 15) is 29.7 Å². The summed E-state index contributed by atoms with van der Waals surface area (Å²) in [5.74, 6) is -1.06. The minimum Gasteiger partial charge on any atom is -0.462 e. The summed E-state index contributed by atoms with van der Waals surface area (Å²) in [6.07, 6.45) is 37.1. The van der Waals surface area contributed by atoms with Gasteiger partial charge in [-0.05, 0) is 57.8 Å². The normalized spacial score (nSPS) is 22.2. The largest absolute Gasteiger partial charge is 0.462 e. The molecule has 0 saturated carbocycles. The van der Waals surface area contributed by atoms with E-state index < -0.39 is 6.10 Å². The lowest BCUT2D eigenvalue weighted by Gasteiger charge is -2.18. The van der Waals surface area contributed by atoms with E-state index in [1.165, 1.54) is 57.8 Å². The molecule has 404 valence electrons. The van der Waals surface area contributed by atoms with Crippen molar-refractivity contribution in [3.05, 3.63) is 0 Å². The van der Waals surface area contributed by atoms with Crippen LogP contribution in [0.25, 0.3) is 0 Å². The van der Waals surface area contributed by atoms with Crippen LogP contribution < -0.4 is 0 Å². The monoisotopic (exact) mass is 981 g/mol. The fourth-order valence-electron chi connectivity index (χ4n) is 9.81. The SMILES string of the molecule is CCCCCCC(O)CC1OC1CCCCCCCC(=O)OCC(COC(=O)CCCCCCCC1OC1CC(O)CCCCCC)OC(=O)CCCCCCCC1OC1CC(O)CCCCCC. The van der Waals surface area contributed by atoms with Crippen molar-refractivity contribution in [1.29, 1.82) is 0 Å². The number of rotatable bonds is 50. The summed E-state index contributed by atoms with van der Waals surface area (Å²) >= 11 is 0. The Hall–Kier alpha value is -1.83. The molecule has 0 aromatic heterocycles. The molecule has 3 saturated heterocycles. The molecule has 3 heterocycles. The van der Waals surface area contributed by atoms with Gasteiger partial charge in [-0.2, -0.15) is 0 Å². The van der Waals surface area contributed by atoms with E-state index in [1.807, 2.05) is 0 Å². The second-order valence-corrected chi connectivity index (χ2v) is 21.3. The Morgan fingerprint density at radius 2 is 0.667 bits per heavy atom. The molecule has 9 atom stereocenters. The summed E-state index contributed by atoms with van der Waals surface area (Å²) in [4.78, 5) is 38.3. The van der Waals surface area contributed by atoms with Gasteiger partial charge in [-0.25, -0.2) is 0 Å². The maximum atomic E-state index is 12.9. The third kappa shape index (κ3) is 33.5. The highest BCUT2D eigenvalue weighted by molar-refractivity contribution is 5.71. The minimum atomic E-state index is -0.849. The van der Waals surface area contributed by atoms with Gasteiger partial charge in [0.05, 0.1) is 54.9 Å². The van der Waals surface area contributed by atoms with Gasteiger partial charge in [0.2, 0.25) is 0 Å². The Bertz CT molecular complexity index is 1220. The summed E-state index contributed by atoms with van der Waals surface area (Å²) in [6, 6.07) is 0. The first-order valence-corrected chi connectivity index (χ1v) is 29.1. The van der Waals surface area contributed by atoms with Crippen molar-refractivity contribution in [2.75, 3.05) is 13.2 Å². The Morgan fingerprint density at radius 3 is 1.00 bits per heavy atom. The van der Waals surface area contributed by atoms with E-state index in [2.05, 4.69) is 20.8 Å². The van der Waals surface area contributed by atoms with Gasteiger partial charge in [0.1, 0.15) is 13.2 Å². The number of unbranched alkanes of at least 4 members (excludes halogenated alkanes) is 21. The fourth-order valence-corrected chi connectivity index (χ4v) is 9.81. The molecule has 0 radical (unpaired) electrons. The molecule has 0 aromatic carbocycles. The van der Waals surface area contributed by atoms with E-state index in [-0.39, 0.29) is 105 Å². The quantitative estimate of drug-likeness (QED) is 0.0228. The van der Waals surface area contributed by atoms with Crippen LogP contribution in [0.1, 0.15) is 271 Å². The molecule has 0 aromatic rings. The molecule has 3 aliphatic rings. The van der Waals surface area contributed by atoms with Gasteiger partial charge < -0.3 is 43.7 Å². The minimum absolute atomic E-state index is 0.141. The average molecular weight is 981 g/mol. The number of esters is 3. The smallest absolute Gasteiger partial charge is 0.306 e. The molecule has 12 heteroatoms. The van der Waals surface area contributed by atoms with E-state index in [0.29, 0.717) is 6.42 Å². The van der Waals surface area contributed by atoms with Crippen LogP contribution in [0.4, 0.5) is 0 Å². The van der Waals surface area contributed by atoms with Gasteiger partial charge in [-0.1, -0.05) is 175 Å². The van der Waals surface area contributed by atoms with Crippen LogP contribution >= 0.6 is 0 Å². The number of carbonyl (C=O) groups excluding carboxylic acids is 3. The summed E-state index contributed by atoms with van der Waals surface area (Å²) < 4.78 is 34.2. The lowest BCUT2D eigenvalue weighted by atomic mass is 10.0. The Balaban J connectivity index is 1.24. The second kappa shape index (κ2) is 39.7. The van der Waals surface area contributed by atoms with E-state index in [4.69, 9.17) is 28.4 Å². The standard InChI is InChI=1S/C57H104O12/c1-4-7-10-22-31-45(58)40-52-49(67-52)34-25-16-13-19-28-37-55(61)64-43-48(66-57(63)39-30-21-15-18-27-36-51-54(69-51)42-47(60)33-24-12-9-6-3)44-65-56(62)38-29-20-14-17-26-35-50-53(68-50)41-46(59)32-23-11-8-5-2/h45-54,58-60H,4-44H2,1-3H3. The van der Waals surface area contributed by atoms with Crippen LogP contribution in [0.3, 0.4) is 0 Å². The van der Waals surface area contributed by atoms with E-state index in [0.717, 1.165) is 167 Å². The first-order chi connectivity index (χ1) is 33.6. The maximum absolute atomic E-state index is 12.9. The first kappa shape index (κ1) is 61.5. The molecular formula is C57H104O12. The highest BCUT2D eigenvalue weighted by atomic mass is 16.6. The van der Waals surface area contributed by atoms with Crippen molar-refractivity contribution in [3.63, 3.8) is 0 Å². The zero-order chi connectivity index (χ0) is 49.7. The van der Waals surface area contributed by atoms with Crippen molar-refractivity contribution in [1.82, 2.24) is 0 Å². The molecule has 0 aliphatic carbocycles. The van der Waals surface area contributed by atoms with Gasteiger partial charge in [-0.15, -0.1) is 0 Å².